The van der Waals surface area contributed by atoms with Crippen LogP contribution in [0.4, 0.5) is 0 Å². The lowest BCUT2D eigenvalue weighted by Crippen LogP contribution is -2.53. The molecule has 1 saturated heterocycles. The Balaban J connectivity index is 2.06. The predicted octanol–water partition coefficient (Wildman–Crippen LogP) is 0.776. The lowest BCUT2D eigenvalue weighted by molar-refractivity contribution is 0.196. The fraction of sp³-hybridized carbons (Fsp3) is 1.00. The molecule has 0 radical (unpaired) electrons. The average Bonchev–Trinajstić information content (AvgIpc) is 2.26. The molecule has 18 heavy (non-hydrogen) atoms. The van der Waals surface area contributed by atoms with E-state index in [0.29, 0.717) is 32.1 Å². The van der Waals surface area contributed by atoms with Gasteiger partial charge in [0.15, 0.2) is 0 Å². The van der Waals surface area contributed by atoms with E-state index in [1.54, 1.807) is 8.61 Å². The van der Waals surface area contributed by atoms with Crippen LogP contribution in [0.15, 0.2) is 0 Å². The van der Waals surface area contributed by atoms with Gasteiger partial charge in [0.1, 0.15) is 0 Å². The first-order valence-electron chi connectivity index (χ1n) is 7.02. The molecule has 2 N–H and O–H groups in total. The minimum Gasteiger partial charge on any atom is -0.329 e. The lowest BCUT2D eigenvalue weighted by atomic mass is 9.93. The summed E-state index contributed by atoms with van der Waals surface area (Å²) in [5.74, 6) is 0.642. The SMILES string of the molecule is CC1CCN(S(=O)(=O)N(CCN)C2CCC2)CC1. The number of hydrogen-bond donors (Lipinski definition) is 1. The Kier molecular flexibility index (Phi) is 4.64. The number of hydrogen-bond acceptors (Lipinski definition) is 3. The third kappa shape index (κ3) is 2.87. The van der Waals surface area contributed by atoms with Gasteiger partial charge in [0.05, 0.1) is 0 Å². The van der Waals surface area contributed by atoms with Gasteiger partial charge < -0.3 is 5.73 Å². The second-order valence-corrected chi connectivity index (χ2v) is 7.45. The molecule has 106 valence electrons. The van der Waals surface area contributed by atoms with Crippen molar-refractivity contribution in [1.29, 1.82) is 0 Å². The fourth-order valence-electron chi connectivity index (χ4n) is 2.65. The standard InChI is InChI=1S/C12H25N3O2S/c1-11-5-8-14(9-6-11)18(16,17)15(10-7-13)12-3-2-4-12/h11-12H,2-10,13H2,1H3. The summed E-state index contributed by atoms with van der Waals surface area (Å²) in [5.41, 5.74) is 5.57. The molecule has 0 aromatic rings. The van der Waals surface area contributed by atoms with Gasteiger partial charge in [0, 0.05) is 32.2 Å². The second kappa shape index (κ2) is 5.86. The molecule has 5 nitrogen and oxygen atoms in total. The van der Waals surface area contributed by atoms with E-state index in [-0.39, 0.29) is 6.04 Å². The lowest BCUT2D eigenvalue weighted by Gasteiger charge is -2.40. The summed E-state index contributed by atoms with van der Waals surface area (Å²) in [5, 5.41) is 0. The highest BCUT2D eigenvalue weighted by atomic mass is 32.2. The zero-order chi connectivity index (χ0) is 13.2. The summed E-state index contributed by atoms with van der Waals surface area (Å²) >= 11 is 0. The van der Waals surface area contributed by atoms with Gasteiger partial charge >= 0.3 is 0 Å². The van der Waals surface area contributed by atoms with E-state index in [0.717, 1.165) is 32.1 Å². The van der Waals surface area contributed by atoms with Crippen LogP contribution in [0.2, 0.25) is 0 Å². The minimum absolute atomic E-state index is 0.192. The molecule has 0 unspecified atom stereocenters. The molecule has 0 bridgehead atoms. The summed E-state index contributed by atoms with van der Waals surface area (Å²) in [6.45, 7) is 4.38. The van der Waals surface area contributed by atoms with Crippen molar-refractivity contribution >= 4 is 10.2 Å². The van der Waals surface area contributed by atoms with Gasteiger partial charge in [-0.05, 0) is 31.6 Å². The summed E-state index contributed by atoms with van der Waals surface area (Å²) in [4.78, 5) is 0. The average molecular weight is 275 g/mol. The Bertz CT molecular complexity index is 360. The van der Waals surface area contributed by atoms with Crippen LogP contribution in [0.3, 0.4) is 0 Å². The van der Waals surface area contributed by atoms with Crippen LogP contribution < -0.4 is 5.73 Å². The minimum atomic E-state index is -3.28. The molecule has 0 amide bonds. The molecule has 1 aliphatic heterocycles. The number of nitrogens with two attached hydrogens (primary N) is 1. The molecule has 1 heterocycles. The van der Waals surface area contributed by atoms with Gasteiger partial charge in [0.2, 0.25) is 0 Å². The van der Waals surface area contributed by atoms with Crippen molar-refractivity contribution in [3.63, 3.8) is 0 Å². The van der Waals surface area contributed by atoms with Crippen molar-refractivity contribution < 1.29 is 8.42 Å². The van der Waals surface area contributed by atoms with Crippen molar-refractivity contribution in [3.05, 3.63) is 0 Å². The Morgan fingerprint density at radius 3 is 2.28 bits per heavy atom. The predicted molar refractivity (Wildman–Crippen MR) is 72.3 cm³/mol. The van der Waals surface area contributed by atoms with Gasteiger partial charge in [-0.15, -0.1) is 0 Å². The van der Waals surface area contributed by atoms with Crippen LogP contribution in [-0.2, 0) is 10.2 Å². The Morgan fingerprint density at radius 1 is 1.22 bits per heavy atom. The van der Waals surface area contributed by atoms with Crippen molar-refractivity contribution in [3.8, 4) is 0 Å². The topological polar surface area (TPSA) is 66.6 Å². The number of nitrogens with zero attached hydrogens (tertiary/aromatic N) is 2. The first-order valence-corrected chi connectivity index (χ1v) is 8.42. The van der Waals surface area contributed by atoms with E-state index in [2.05, 4.69) is 6.92 Å². The van der Waals surface area contributed by atoms with E-state index in [4.69, 9.17) is 5.73 Å². The summed E-state index contributed by atoms with van der Waals surface area (Å²) < 4.78 is 28.5. The van der Waals surface area contributed by atoms with E-state index in [1.807, 2.05) is 0 Å². The van der Waals surface area contributed by atoms with Crippen LogP contribution in [0, 0.1) is 5.92 Å². The molecule has 2 rings (SSSR count). The van der Waals surface area contributed by atoms with Crippen molar-refractivity contribution in [2.75, 3.05) is 26.2 Å². The largest absolute Gasteiger partial charge is 0.329 e. The number of piperidine rings is 1. The van der Waals surface area contributed by atoms with Gasteiger partial charge in [-0.2, -0.15) is 17.0 Å². The maximum Gasteiger partial charge on any atom is 0.282 e. The Hall–Kier alpha value is -0.170. The zero-order valence-corrected chi connectivity index (χ0v) is 12.0. The highest BCUT2D eigenvalue weighted by molar-refractivity contribution is 7.86. The molecule has 1 saturated carbocycles. The molecule has 6 heteroatoms. The smallest absolute Gasteiger partial charge is 0.282 e. The van der Waals surface area contributed by atoms with Crippen LogP contribution >= 0.6 is 0 Å². The van der Waals surface area contributed by atoms with E-state index in [1.165, 1.54) is 0 Å². The van der Waals surface area contributed by atoms with Crippen LogP contribution in [0.5, 0.6) is 0 Å². The van der Waals surface area contributed by atoms with Crippen molar-refractivity contribution in [2.45, 2.75) is 45.1 Å². The van der Waals surface area contributed by atoms with E-state index < -0.39 is 10.2 Å². The number of rotatable bonds is 5. The summed E-state index contributed by atoms with van der Waals surface area (Å²) in [7, 11) is -3.28. The molecule has 0 aromatic carbocycles. The highest BCUT2D eigenvalue weighted by Crippen LogP contribution is 2.29. The van der Waals surface area contributed by atoms with Gasteiger partial charge in [-0.3, -0.25) is 0 Å². The maximum atomic E-state index is 12.6. The molecule has 0 atom stereocenters. The zero-order valence-electron chi connectivity index (χ0n) is 11.2. The molecule has 0 spiro atoms. The third-order valence-electron chi connectivity index (χ3n) is 4.20. The molecular weight excluding hydrogens is 250 g/mol. The molecule has 2 fully saturated rings. The third-order valence-corrected chi connectivity index (χ3v) is 6.29. The van der Waals surface area contributed by atoms with Crippen LogP contribution in [0.1, 0.15) is 39.0 Å². The molecule has 1 aliphatic carbocycles. The van der Waals surface area contributed by atoms with E-state index in [9.17, 15) is 8.42 Å². The molecule has 2 aliphatic rings. The quantitative estimate of drug-likeness (QED) is 0.806. The van der Waals surface area contributed by atoms with Crippen molar-refractivity contribution in [1.82, 2.24) is 8.61 Å². The van der Waals surface area contributed by atoms with Gasteiger partial charge in [0.25, 0.3) is 10.2 Å². The summed E-state index contributed by atoms with van der Waals surface area (Å²) in [6.07, 6.45) is 5.06. The fourth-order valence-corrected chi connectivity index (χ4v) is 4.54. The van der Waals surface area contributed by atoms with Gasteiger partial charge in [-0.25, -0.2) is 0 Å². The Labute approximate surface area is 110 Å². The highest BCUT2D eigenvalue weighted by Gasteiger charge is 2.37. The maximum absolute atomic E-state index is 12.6. The molecule has 0 aromatic heterocycles. The monoisotopic (exact) mass is 275 g/mol. The first-order chi connectivity index (χ1) is 8.55. The summed E-state index contributed by atoms with van der Waals surface area (Å²) in [6, 6.07) is 0.192. The van der Waals surface area contributed by atoms with Crippen LogP contribution in [0.25, 0.3) is 0 Å². The second-order valence-electron chi connectivity index (χ2n) is 5.57. The van der Waals surface area contributed by atoms with Crippen molar-refractivity contribution in [2.24, 2.45) is 11.7 Å². The molecular formula is C12H25N3O2S. The Morgan fingerprint density at radius 2 is 1.83 bits per heavy atom. The van der Waals surface area contributed by atoms with E-state index >= 15 is 0 Å². The normalized spacial score (nSPS) is 24.4. The van der Waals surface area contributed by atoms with Gasteiger partial charge in [-0.1, -0.05) is 13.3 Å². The first kappa shape index (κ1) is 14.2. The van der Waals surface area contributed by atoms with Crippen LogP contribution in [-0.4, -0.2) is 49.2 Å².